The summed E-state index contributed by atoms with van der Waals surface area (Å²) in [5.41, 5.74) is 2.41. The molecule has 0 spiro atoms. The van der Waals surface area contributed by atoms with Gasteiger partial charge in [0.05, 0.1) is 5.69 Å². The summed E-state index contributed by atoms with van der Waals surface area (Å²) in [5, 5.41) is 0. The standard InChI is InChI=1S/C19H26FN5O2S/c1-23(2)19-21-12-17(14-7-9-16(20)10-8-14)18(22-19)15-6-5-11-25(13-15)28(26,27)24(3)4/h7-10,12,15H,5-6,11,13H2,1-4H3. The van der Waals surface area contributed by atoms with Crippen LogP contribution in [0, 0.1) is 5.82 Å². The van der Waals surface area contributed by atoms with E-state index in [1.807, 2.05) is 19.0 Å². The number of benzene rings is 1. The second kappa shape index (κ2) is 8.10. The van der Waals surface area contributed by atoms with Crippen molar-refractivity contribution in [3.8, 4) is 11.1 Å². The van der Waals surface area contributed by atoms with Crippen molar-refractivity contribution in [1.29, 1.82) is 0 Å². The van der Waals surface area contributed by atoms with Crippen LogP contribution in [-0.2, 0) is 10.2 Å². The molecule has 1 atom stereocenters. The molecule has 3 rings (SSSR count). The molecule has 1 aliphatic rings. The Morgan fingerprint density at radius 1 is 1.14 bits per heavy atom. The molecule has 1 unspecified atom stereocenters. The van der Waals surface area contributed by atoms with Crippen LogP contribution in [0.2, 0.25) is 0 Å². The zero-order chi connectivity index (χ0) is 20.5. The van der Waals surface area contributed by atoms with Gasteiger partial charge in [-0.2, -0.15) is 17.0 Å². The quantitative estimate of drug-likeness (QED) is 0.761. The van der Waals surface area contributed by atoms with Crippen molar-refractivity contribution < 1.29 is 12.8 Å². The van der Waals surface area contributed by atoms with E-state index < -0.39 is 10.2 Å². The predicted octanol–water partition coefficient (Wildman–Crippen LogP) is 2.33. The van der Waals surface area contributed by atoms with Crippen molar-refractivity contribution in [2.24, 2.45) is 0 Å². The minimum Gasteiger partial charge on any atom is -0.347 e. The van der Waals surface area contributed by atoms with Crippen molar-refractivity contribution in [1.82, 2.24) is 18.6 Å². The highest BCUT2D eigenvalue weighted by molar-refractivity contribution is 7.86. The fraction of sp³-hybridized carbons (Fsp3) is 0.474. The molecule has 0 radical (unpaired) electrons. The van der Waals surface area contributed by atoms with Gasteiger partial charge in [0.2, 0.25) is 5.95 Å². The van der Waals surface area contributed by atoms with Crippen LogP contribution in [0.15, 0.2) is 30.5 Å². The Labute approximate surface area is 166 Å². The van der Waals surface area contributed by atoms with E-state index >= 15 is 0 Å². The number of halogens is 1. The van der Waals surface area contributed by atoms with E-state index in [0.29, 0.717) is 19.0 Å². The van der Waals surface area contributed by atoms with E-state index in [0.717, 1.165) is 29.7 Å². The average molecular weight is 408 g/mol. The van der Waals surface area contributed by atoms with Crippen molar-refractivity contribution in [2.75, 3.05) is 46.2 Å². The van der Waals surface area contributed by atoms with Gasteiger partial charge in [0.15, 0.2) is 0 Å². The summed E-state index contributed by atoms with van der Waals surface area (Å²) >= 11 is 0. The van der Waals surface area contributed by atoms with Crippen LogP contribution >= 0.6 is 0 Å². The molecule has 0 N–H and O–H groups in total. The molecule has 1 aromatic carbocycles. The summed E-state index contributed by atoms with van der Waals surface area (Å²) in [6.45, 7) is 0.854. The number of hydrogen-bond acceptors (Lipinski definition) is 5. The average Bonchev–Trinajstić information content (AvgIpc) is 2.68. The van der Waals surface area contributed by atoms with Crippen LogP contribution < -0.4 is 4.90 Å². The van der Waals surface area contributed by atoms with Crippen LogP contribution in [-0.4, -0.2) is 68.3 Å². The normalized spacial score (nSPS) is 18.4. The van der Waals surface area contributed by atoms with Gasteiger partial charge in [-0.1, -0.05) is 12.1 Å². The smallest absolute Gasteiger partial charge is 0.281 e. The first-order chi connectivity index (χ1) is 13.2. The number of piperidine rings is 1. The van der Waals surface area contributed by atoms with Crippen molar-refractivity contribution in [3.05, 3.63) is 42.0 Å². The lowest BCUT2D eigenvalue weighted by Gasteiger charge is -2.34. The van der Waals surface area contributed by atoms with Crippen molar-refractivity contribution in [2.45, 2.75) is 18.8 Å². The zero-order valence-electron chi connectivity index (χ0n) is 16.6. The molecule has 2 aromatic rings. The molecule has 9 heteroatoms. The summed E-state index contributed by atoms with van der Waals surface area (Å²) in [6, 6.07) is 6.21. The number of nitrogens with zero attached hydrogens (tertiary/aromatic N) is 5. The predicted molar refractivity (Wildman–Crippen MR) is 108 cm³/mol. The first-order valence-corrected chi connectivity index (χ1v) is 10.6. The van der Waals surface area contributed by atoms with Gasteiger partial charge in [-0.25, -0.2) is 14.4 Å². The van der Waals surface area contributed by atoms with Gasteiger partial charge >= 0.3 is 0 Å². The van der Waals surface area contributed by atoms with Crippen molar-refractivity contribution >= 4 is 16.2 Å². The largest absolute Gasteiger partial charge is 0.347 e. The molecular weight excluding hydrogens is 381 g/mol. The van der Waals surface area contributed by atoms with E-state index in [1.54, 1.807) is 18.3 Å². The number of hydrogen-bond donors (Lipinski definition) is 0. The Balaban J connectivity index is 2.03. The SMILES string of the molecule is CN(C)c1ncc(-c2ccc(F)cc2)c(C2CCCN(S(=O)(=O)N(C)C)C2)n1. The first-order valence-electron chi connectivity index (χ1n) is 9.18. The maximum atomic E-state index is 13.4. The molecule has 1 fully saturated rings. The highest BCUT2D eigenvalue weighted by Crippen LogP contribution is 2.34. The Kier molecular flexibility index (Phi) is 5.97. The lowest BCUT2D eigenvalue weighted by molar-refractivity contribution is 0.296. The van der Waals surface area contributed by atoms with E-state index in [-0.39, 0.29) is 11.7 Å². The van der Waals surface area contributed by atoms with E-state index in [4.69, 9.17) is 4.98 Å². The monoisotopic (exact) mass is 407 g/mol. The minimum atomic E-state index is -3.49. The second-order valence-corrected chi connectivity index (χ2v) is 9.50. The molecule has 0 bridgehead atoms. The van der Waals surface area contributed by atoms with Gasteiger partial charge in [0, 0.05) is 59.0 Å². The van der Waals surface area contributed by atoms with Gasteiger partial charge in [-0.05, 0) is 30.5 Å². The first kappa shape index (κ1) is 20.6. The molecule has 0 amide bonds. The molecule has 0 saturated carbocycles. The van der Waals surface area contributed by atoms with Gasteiger partial charge in [0.25, 0.3) is 10.2 Å². The van der Waals surface area contributed by atoms with Gasteiger partial charge in [-0.15, -0.1) is 0 Å². The molecule has 2 heterocycles. The molecule has 152 valence electrons. The maximum absolute atomic E-state index is 13.4. The lowest BCUT2D eigenvalue weighted by atomic mass is 9.91. The third-order valence-corrected chi connectivity index (χ3v) is 6.83. The Morgan fingerprint density at radius 3 is 2.43 bits per heavy atom. The van der Waals surface area contributed by atoms with E-state index in [2.05, 4.69) is 4.98 Å². The summed E-state index contributed by atoms with van der Waals surface area (Å²) in [5.74, 6) is 0.190. The van der Waals surface area contributed by atoms with Crippen LogP contribution in [0.5, 0.6) is 0 Å². The molecule has 7 nitrogen and oxygen atoms in total. The number of aromatic nitrogens is 2. The second-order valence-electron chi connectivity index (χ2n) is 7.36. The van der Waals surface area contributed by atoms with E-state index in [9.17, 15) is 12.8 Å². The Bertz CT molecular complexity index is 932. The molecule has 28 heavy (non-hydrogen) atoms. The number of anilines is 1. The van der Waals surface area contributed by atoms with Gasteiger partial charge in [0.1, 0.15) is 5.82 Å². The lowest BCUT2D eigenvalue weighted by Crippen LogP contribution is -2.45. The molecule has 0 aliphatic carbocycles. The molecule has 1 saturated heterocycles. The fourth-order valence-electron chi connectivity index (χ4n) is 3.37. The zero-order valence-corrected chi connectivity index (χ0v) is 17.4. The van der Waals surface area contributed by atoms with Gasteiger partial charge < -0.3 is 4.90 Å². The summed E-state index contributed by atoms with van der Waals surface area (Å²) in [4.78, 5) is 11.0. The molecule has 1 aliphatic heterocycles. The molecule has 1 aromatic heterocycles. The highest BCUT2D eigenvalue weighted by Gasteiger charge is 2.33. The van der Waals surface area contributed by atoms with Crippen molar-refractivity contribution in [3.63, 3.8) is 0 Å². The fourth-order valence-corrected chi connectivity index (χ4v) is 4.56. The third kappa shape index (κ3) is 4.16. The number of rotatable bonds is 5. The van der Waals surface area contributed by atoms with Crippen LogP contribution in [0.4, 0.5) is 10.3 Å². The third-order valence-electron chi connectivity index (χ3n) is 4.92. The van der Waals surface area contributed by atoms with Gasteiger partial charge in [-0.3, -0.25) is 0 Å². The topological polar surface area (TPSA) is 69.6 Å². The summed E-state index contributed by atoms with van der Waals surface area (Å²) in [7, 11) is 3.31. The summed E-state index contributed by atoms with van der Waals surface area (Å²) < 4.78 is 41.3. The van der Waals surface area contributed by atoms with E-state index in [1.165, 1.54) is 34.8 Å². The Morgan fingerprint density at radius 2 is 1.82 bits per heavy atom. The van der Waals surface area contributed by atoms with Crippen LogP contribution in [0.25, 0.3) is 11.1 Å². The Hall–Kier alpha value is -2.10. The summed E-state index contributed by atoms with van der Waals surface area (Å²) in [6.07, 6.45) is 3.32. The maximum Gasteiger partial charge on any atom is 0.281 e. The van der Waals surface area contributed by atoms with Crippen LogP contribution in [0.1, 0.15) is 24.5 Å². The van der Waals surface area contributed by atoms with Crippen LogP contribution in [0.3, 0.4) is 0 Å². The highest BCUT2D eigenvalue weighted by atomic mass is 32.2. The minimum absolute atomic E-state index is 0.0646. The molecular formula is C19H26FN5O2S.